The molecule has 170 valence electrons. The Kier molecular flexibility index (Phi) is 4.16. The van der Waals surface area contributed by atoms with Crippen LogP contribution in [-0.4, -0.2) is 50.9 Å². The average Bonchev–Trinajstić information content (AvgIpc) is 3.71. The molecule has 2 aliphatic carbocycles. The normalized spacial score (nSPS) is 19.1. The van der Waals surface area contributed by atoms with Crippen LogP contribution in [0.2, 0.25) is 0 Å². The molecule has 2 amide bonds. The average molecular weight is 452 g/mol. The summed E-state index contributed by atoms with van der Waals surface area (Å²) in [7, 11) is 3.22. The lowest BCUT2D eigenvalue weighted by molar-refractivity contribution is -0.117. The van der Waals surface area contributed by atoms with Crippen LogP contribution in [0, 0.1) is 11.3 Å². The van der Waals surface area contributed by atoms with Gasteiger partial charge >= 0.3 is 0 Å². The van der Waals surface area contributed by atoms with Crippen molar-refractivity contribution in [2.24, 2.45) is 18.4 Å². The predicted octanol–water partition coefficient (Wildman–Crippen LogP) is 2.12. The van der Waals surface area contributed by atoms with E-state index in [1.54, 1.807) is 36.3 Å². The second kappa shape index (κ2) is 7.84. The van der Waals surface area contributed by atoms with Gasteiger partial charge in [-0.05, 0) is 36.8 Å². The van der Waals surface area contributed by atoms with Gasteiger partial charge in [0.15, 0.2) is 23.1 Å². The standard InChI is InChI=1S/C22H24N8O3/c1-23-21(32)17-15(9-16(27-28-17)26-20(31)13-10-22(13)7-8-22)25-14-6-4-5-12(18(14)33-3)19-24-11-30(2)29-19/h4-6,9,11,13H,7-8,10H2,1-3H3,(H,23,32)(H2,25,26,27,31)/t13-/m0/s1/i1D3. The number of para-hydroxylation sites is 1. The minimum absolute atomic E-state index is 0.0445. The molecule has 1 spiro atoms. The minimum Gasteiger partial charge on any atom is -0.494 e. The van der Waals surface area contributed by atoms with E-state index in [1.807, 2.05) is 5.32 Å². The molecule has 2 saturated carbocycles. The van der Waals surface area contributed by atoms with Crippen LogP contribution in [0.5, 0.6) is 5.75 Å². The Morgan fingerprint density at radius 1 is 1.27 bits per heavy atom. The van der Waals surface area contributed by atoms with E-state index < -0.39 is 12.9 Å². The van der Waals surface area contributed by atoms with Crippen LogP contribution in [0.25, 0.3) is 11.4 Å². The monoisotopic (exact) mass is 451 g/mol. The van der Waals surface area contributed by atoms with Gasteiger partial charge in [-0.3, -0.25) is 14.3 Å². The minimum atomic E-state index is -2.73. The molecule has 11 heteroatoms. The summed E-state index contributed by atoms with van der Waals surface area (Å²) in [6, 6.07) is 6.67. The van der Waals surface area contributed by atoms with Gasteiger partial charge in [-0.2, -0.15) is 5.10 Å². The molecule has 11 nitrogen and oxygen atoms in total. The third-order valence-electron chi connectivity index (χ3n) is 6.10. The van der Waals surface area contributed by atoms with Crippen LogP contribution in [-0.2, 0) is 11.8 Å². The first-order valence-corrected chi connectivity index (χ1v) is 10.4. The van der Waals surface area contributed by atoms with Gasteiger partial charge in [0.2, 0.25) is 5.91 Å². The number of hydrogen-bond acceptors (Lipinski definition) is 8. The maximum Gasteiger partial charge on any atom is 0.273 e. The van der Waals surface area contributed by atoms with Crippen LogP contribution >= 0.6 is 0 Å². The predicted molar refractivity (Wildman–Crippen MR) is 120 cm³/mol. The first kappa shape index (κ1) is 17.5. The lowest BCUT2D eigenvalue weighted by Crippen LogP contribution is -2.22. The number of hydrogen-bond donors (Lipinski definition) is 3. The molecule has 1 aromatic carbocycles. The first-order chi connectivity index (χ1) is 17.1. The third-order valence-corrected chi connectivity index (χ3v) is 6.10. The van der Waals surface area contributed by atoms with Gasteiger partial charge in [-0.1, -0.05) is 6.07 Å². The van der Waals surface area contributed by atoms with Crippen LogP contribution in [0.4, 0.5) is 17.2 Å². The van der Waals surface area contributed by atoms with Crippen molar-refractivity contribution in [1.82, 2.24) is 30.3 Å². The number of aromatic nitrogens is 5. The van der Waals surface area contributed by atoms with Gasteiger partial charge in [0, 0.05) is 30.1 Å². The Morgan fingerprint density at radius 3 is 2.79 bits per heavy atom. The maximum atomic E-state index is 12.7. The van der Waals surface area contributed by atoms with Gasteiger partial charge < -0.3 is 20.7 Å². The molecule has 0 aliphatic heterocycles. The van der Waals surface area contributed by atoms with E-state index in [2.05, 4.69) is 30.9 Å². The largest absolute Gasteiger partial charge is 0.494 e. The number of methoxy groups -OCH3 is 1. The number of nitrogens with zero attached hydrogens (tertiary/aromatic N) is 5. The quantitative estimate of drug-likeness (QED) is 0.497. The van der Waals surface area contributed by atoms with Crippen molar-refractivity contribution in [2.45, 2.75) is 19.3 Å². The second-order valence-electron chi connectivity index (χ2n) is 8.31. The van der Waals surface area contributed by atoms with Gasteiger partial charge in [0.05, 0.1) is 24.0 Å². The van der Waals surface area contributed by atoms with Crippen molar-refractivity contribution in [3.63, 3.8) is 0 Å². The maximum absolute atomic E-state index is 12.7. The summed E-state index contributed by atoms with van der Waals surface area (Å²) in [6.45, 7) is -2.73. The number of aryl methyl sites for hydroxylation is 1. The van der Waals surface area contributed by atoms with E-state index in [-0.39, 0.29) is 34.4 Å². The third kappa shape index (κ3) is 3.86. The van der Waals surface area contributed by atoms with E-state index in [4.69, 9.17) is 8.85 Å². The van der Waals surface area contributed by atoms with Crippen molar-refractivity contribution >= 4 is 29.0 Å². The smallest absolute Gasteiger partial charge is 0.273 e. The number of anilines is 3. The summed E-state index contributed by atoms with van der Waals surface area (Å²) in [5.41, 5.74) is 1.05. The fourth-order valence-electron chi connectivity index (χ4n) is 4.06. The highest BCUT2D eigenvalue weighted by Crippen LogP contribution is 2.70. The summed E-state index contributed by atoms with van der Waals surface area (Å²) in [6.07, 6.45) is 4.53. The van der Waals surface area contributed by atoms with E-state index in [1.165, 1.54) is 13.2 Å². The number of ether oxygens (including phenoxy) is 1. The molecule has 2 fully saturated rings. The molecule has 1 atom stereocenters. The number of benzene rings is 1. The Balaban J connectivity index is 1.48. The van der Waals surface area contributed by atoms with E-state index in [9.17, 15) is 9.59 Å². The molecule has 3 N–H and O–H groups in total. The van der Waals surface area contributed by atoms with E-state index in [0.717, 1.165) is 19.3 Å². The van der Waals surface area contributed by atoms with Gasteiger partial charge in [0.25, 0.3) is 5.91 Å². The van der Waals surface area contributed by atoms with Crippen molar-refractivity contribution < 1.29 is 18.4 Å². The molecule has 2 aliphatic rings. The topological polar surface area (TPSA) is 136 Å². The zero-order chi connectivity index (χ0) is 25.7. The van der Waals surface area contributed by atoms with Crippen LogP contribution < -0.4 is 20.7 Å². The molecule has 3 aromatic rings. The number of rotatable bonds is 7. The fraction of sp³-hybridized carbons (Fsp3) is 0.364. The Bertz CT molecular complexity index is 1350. The molecule has 0 bridgehead atoms. The molecule has 0 saturated heterocycles. The van der Waals surface area contributed by atoms with Gasteiger partial charge in [-0.15, -0.1) is 10.2 Å². The molecule has 2 aromatic heterocycles. The Hall–Kier alpha value is -4.02. The zero-order valence-corrected chi connectivity index (χ0v) is 18.0. The van der Waals surface area contributed by atoms with Crippen molar-refractivity contribution in [1.29, 1.82) is 0 Å². The molecule has 5 rings (SSSR count). The number of carbonyl (C=O) groups is 2. The van der Waals surface area contributed by atoms with Crippen LogP contribution in [0.15, 0.2) is 30.6 Å². The van der Waals surface area contributed by atoms with Crippen LogP contribution in [0.3, 0.4) is 0 Å². The first-order valence-electron chi connectivity index (χ1n) is 11.9. The molecule has 0 radical (unpaired) electrons. The Morgan fingerprint density at radius 2 is 2.12 bits per heavy atom. The highest BCUT2D eigenvalue weighted by molar-refractivity contribution is 6.00. The highest BCUT2D eigenvalue weighted by atomic mass is 16.5. The summed E-state index contributed by atoms with van der Waals surface area (Å²) in [5.74, 6) is -0.189. The second-order valence-corrected chi connectivity index (χ2v) is 8.31. The molecule has 2 heterocycles. The summed E-state index contributed by atoms with van der Waals surface area (Å²) < 4.78 is 29.3. The fourth-order valence-corrected chi connectivity index (χ4v) is 4.06. The number of nitrogens with one attached hydrogen (secondary N) is 3. The number of carbonyl (C=O) groups excluding carboxylic acids is 2. The lowest BCUT2D eigenvalue weighted by atomic mass is 10.1. The molecule has 33 heavy (non-hydrogen) atoms. The SMILES string of the molecule is [2H]C([2H])([2H])NC(=O)c1nnc(NC(=O)[C@@H]2CC23CC3)cc1Nc1cccc(-c2ncn(C)n2)c1OC. The van der Waals surface area contributed by atoms with E-state index >= 15 is 0 Å². The molecular formula is C22H24N8O3. The van der Waals surface area contributed by atoms with E-state index in [0.29, 0.717) is 22.8 Å². The van der Waals surface area contributed by atoms with Crippen molar-refractivity contribution in [2.75, 3.05) is 24.7 Å². The summed E-state index contributed by atoms with van der Waals surface area (Å²) in [5, 5.41) is 19.9. The summed E-state index contributed by atoms with van der Waals surface area (Å²) >= 11 is 0. The zero-order valence-electron chi connectivity index (χ0n) is 21.0. The molecule has 0 unspecified atom stereocenters. The van der Waals surface area contributed by atoms with Crippen LogP contribution in [0.1, 0.15) is 33.9 Å². The van der Waals surface area contributed by atoms with Gasteiger partial charge in [0.1, 0.15) is 6.33 Å². The van der Waals surface area contributed by atoms with Crippen molar-refractivity contribution in [3.8, 4) is 17.1 Å². The molecular weight excluding hydrogens is 424 g/mol. The number of amides is 2. The van der Waals surface area contributed by atoms with Crippen molar-refractivity contribution in [3.05, 3.63) is 36.3 Å². The lowest BCUT2D eigenvalue weighted by Gasteiger charge is -2.16. The summed E-state index contributed by atoms with van der Waals surface area (Å²) in [4.78, 5) is 29.6. The highest BCUT2D eigenvalue weighted by Gasteiger charge is 2.65. The van der Waals surface area contributed by atoms with Gasteiger partial charge in [-0.25, -0.2) is 4.98 Å². The Labute approximate surface area is 194 Å².